The predicted molar refractivity (Wildman–Crippen MR) is 78.5 cm³/mol. The zero-order valence-electron chi connectivity index (χ0n) is 9.68. The fourth-order valence-electron chi connectivity index (χ4n) is 1.47. The first-order valence-electron chi connectivity index (χ1n) is 5.29. The van der Waals surface area contributed by atoms with Crippen LogP contribution in [0.4, 0.5) is 14.5 Å². The van der Waals surface area contributed by atoms with Crippen LogP contribution in [0, 0.1) is 11.6 Å². The van der Waals surface area contributed by atoms with Crippen LogP contribution in [0.15, 0.2) is 34.8 Å². The van der Waals surface area contributed by atoms with Gasteiger partial charge in [-0.2, -0.15) is 0 Å². The topological polar surface area (TPSA) is 29.1 Å². The summed E-state index contributed by atoms with van der Waals surface area (Å²) >= 11 is 14.5. The van der Waals surface area contributed by atoms with E-state index in [9.17, 15) is 13.6 Å². The highest BCUT2D eigenvalue weighted by molar-refractivity contribution is 9.10. The summed E-state index contributed by atoms with van der Waals surface area (Å²) < 4.78 is 27.5. The minimum absolute atomic E-state index is 0.359. The van der Waals surface area contributed by atoms with Crippen LogP contribution >= 0.6 is 39.1 Å². The summed E-state index contributed by atoms with van der Waals surface area (Å²) in [6.45, 7) is 0. The molecule has 0 atom stereocenters. The van der Waals surface area contributed by atoms with Crippen LogP contribution in [0.1, 0.15) is 10.4 Å². The zero-order valence-corrected chi connectivity index (χ0v) is 12.8. The molecule has 2 rings (SSSR count). The monoisotopic (exact) mass is 379 g/mol. The van der Waals surface area contributed by atoms with Crippen molar-refractivity contribution in [2.24, 2.45) is 0 Å². The van der Waals surface area contributed by atoms with Crippen molar-refractivity contribution in [2.75, 3.05) is 5.32 Å². The molecule has 2 aromatic rings. The number of nitrogens with one attached hydrogen (secondary N) is 1. The number of benzene rings is 2. The Morgan fingerprint density at radius 3 is 2.40 bits per heavy atom. The number of amides is 1. The Morgan fingerprint density at radius 1 is 1.05 bits per heavy atom. The maximum Gasteiger partial charge on any atom is 0.258 e. The molecule has 0 bridgehead atoms. The molecule has 0 aliphatic rings. The van der Waals surface area contributed by atoms with E-state index >= 15 is 0 Å². The lowest BCUT2D eigenvalue weighted by Crippen LogP contribution is -2.14. The Kier molecular flexibility index (Phi) is 4.62. The quantitative estimate of drug-likeness (QED) is 0.705. The first-order chi connectivity index (χ1) is 9.38. The number of halogens is 5. The highest BCUT2D eigenvalue weighted by atomic mass is 79.9. The van der Waals surface area contributed by atoms with Crippen molar-refractivity contribution < 1.29 is 13.6 Å². The van der Waals surface area contributed by atoms with Crippen molar-refractivity contribution in [3.63, 3.8) is 0 Å². The first kappa shape index (κ1) is 15.2. The molecule has 2 nitrogen and oxygen atoms in total. The summed E-state index contributed by atoms with van der Waals surface area (Å²) in [7, 11) is 0. The van der Waals surface area contributed by atoms with Gasteiger partial charge in [0.2, 0.25) is 0 Å². The molecule has 0 aromatic heterocycles. The Labute approximate surface area is 131 Å². The van der Waals surface area contributed by atoms with Crippen molar-refractivity contribution in [3.05, 3.63) is 62.0 Å². The lowest BCUT2D eigenvalue weighted by atomic mass is 10.2. The Balaban J connectivity index is 2.28. The molecule has 0 unspecified atom stereocenters. The predicted octanol–water partition coefficient (Wildman–Crippen LogP) is 5.29. The minimum Gasteiger partial charge on any atom is -0.322 e. The largest absolute Gasteiger partial charge is 0.322 e. The van der Waals surface area contributed by atoms with Crippen molar-refractivity contribution in [2.45, 2.75) is 0 Å². The second kappa shape index (κ2) is 6.08. The molecule has 20 heavy (non-hydrogen) atoms. The van der Waals surface area contributed by atoms with E-state index in [0.29, 0.717) is 15.2 Å². The molecule has 0 radical (unpaired) electrons. The van der Waals surface area contributed by atoms with Crippen molar-refractivity contribution >= 4 is 50.7 Å². The smallest absolute Gasteiger partial charge is 0.258 e. The normalized spacial score (nSPS) is 10.4. The first-order valence-corrected chi connectivity index (χ1v) is 6.84. The molecule has 7 heteroatoms. The maximum atomic E-state index is 13.6. The Bertz CT molecular complexity index is 694. The van der Waals surface area contributed by atoms with Crippen LogP contribution in [0.3, 0.4) is 0 Å². The molecule has 0 aliphatic carbocycles. The molecule has 0 saturated carbocycles. The van der Waals surface area contributed by atoms with E-state index in [1.165, 1.54) is 6.07 Å². The average Bonchev–Trinajstić information content (AvgIpc) is 2.38. The zero-order chi connectivity index (χ0) is 14.9. The molecular formula is C13H6BrCl2F2NO. The van der Waals surface area contributed by atoms with Crippen molar-refractivity contribution in [1.29, 1.82) is 0 Å². The van der Waals surface area contributed by atoms with Gasteiger partial charge in [-0.15, -0.1) is 0 Å². The number of rotatable bonds is 2. The van der Waals surface area contributed by atoms with Gasteiger partial charge in [-0.3, -0.25) is 4.79 Å². The molecule has 1 amide bonds. The molecule has 2 aromatic carbocycles. The molecule has 0 spiro atoms. The minimum atomic E-state index is -0.905. The van der Waals surface area contributed by atoms with E-state index in [0.717, 1.165) is 12.1 Å². The number of carbonyl (C=O) groups excluding carboxylic acids is 1. The van der Waals surface area contributed by atoms with E-state index in [2.05, 4.69) is 21.2 Å². The van der Waals surface area contributed by atoms with Gasteiger partial charge >= 0.3 is 0 Å². The van der Waals surface area contributed by atoms with Crippen LogP contribution < -0.4 is 5.32 Å². The summed E-state index contributed by atoms with van der Waals surface area (Å²) in [5.74, 6) is -2.57. The van der Waals surface area contributed by atoms with Crippen LogP contribution in [-0.4, -0.2) is 5.91 Å². The third-order valence-corrected chi connectivity index (χ3v) is 3.95. The molecular weight excluding hydrogens is 375 g/mol. The summed E-state index contributed by atoms with van der Waals surface area (Å²) in [5.41, 5.74) is -0.0797. The third-order valence-electron chi connectivity index (χ3n) is 2.43. The van der Waals surface area contributed by atoms with Gasteiger partial charge in [0, 0.05) is 10.2 Å². The van der Waals surface area contributed by atoms with Gasteiger partial charge in [-0.1, -0.05) is 23.2 Å². The van der Waals surface area contributed by atoms with Crippen molar-refractivity contribution in [1.82, 2.24) is 0 Å². The van der Waals surface area contributed by atoms with Gasteiger partial charge in [-0.25, -0.2) is 8.78 Å². The summed E-state index contributed by atoms with van der Waals surface area (Å²) in [6.07, 6.45) is 0. The lowest BCUT2D eigenvalue weighted by Gasteiger charge is -2.08. The molecule has 0 saturated heterocycles. The standard InChI is InChI=1S/C13H6BrCl2F2NO/c14-8-2-1-6(3-9(8)15)19-13(20)7-4-12(18)10(16)5-11(7)17/h1-5H,(H,19,20). The Hall–Kier alpha value is -1.17. The second-order valence-corrected chi connectivity index (χ2v) is 5.50. The van der Waals surface area contributed by atoms with Gasteiger partial charge in [-0.05, 0) is 46.3 Å². The number of hydrogen-bond donors (Lipinski definition) is 1. The van der Waals surface area contributed by atoms with Crippen LogP contribution in [-0.2, 0) is 0 Å². The van der Waals surface area contributed by atoms with E-state index in [4.69, 9.17) is 23.2 Å². The summed E-state index contributed by atoms with van der Waals surface area (Å²) in [5, 5.41) is 2.42. The number of hydrogen-bond acceptors (Lipinski definition) is 1. The van der Waals surface area contributed by atoms with Gasteiger partial charge in [0.25, 0.3) is 5.91 Å². The van der Waals surface area contributed by atoms with Gasteiger partial charge in [0.05, 0.1) is 15.6 Å². The fourth-order valence-corrected chi connectivity index (χ4v) is 2.05. The second-order valence-electron chi connectivity index (χ2n) is 3.83. The van der Waals surface area contributed by atoms with Gasteiger partial charge < -0.3 is 5.32 Å². The SMILES string of the molecule is O=C(Nc1ccc(Br)c(Cl)c1)c1cc(F)c(Cl)cc1F. The molecule has 0 heterocycles. The van der Waals surface area contributed by atoms with Crippen molar-refractivity contribution in [3.8, 4) is 0 Å². The van der Waals surface area contributed by atoms with Gasteiger partial charge in [0.1, 0.15) is 11.6 Å². The number of anilines is 1. The van der Waals surface area contributed by atoms with Crippen LogP contribution in [0.5, 0.6) is 0 Å². The highest BCUT2D eigenvalue weighted by Gasteiger charge is 2.16. The molecule has 0 fully saturated rings. The molecule has 1 N–H and O–H groups in total. The third kappa shape index (κ3) is 3.29. The van der Waals surface area contributed by atoms with Crippen LogP contribution in [0.25, 0.3) is 0 Å². The lowest BCUT2D eigenvalue weighted by molar-refractivity contribution is 0.102. The van der Waals surface area contributed by atoms with E-state index < -0.39 is 23.1 Å². The number of carbonyl (C=O) groups is 1. The fraction of sp³-hybridized carbons (Fsp3) is 0. The van der Waals surface area contributed by atoms with Crippen LogP contribution in [0.2, 0.25) is 10.0 Å². The van der Waals surface area contributed by atoms with E-state index in [1.807, 2.05) is 0 Å². The maximum absolute atomic E-state index is 13.6. The molecule has 104 valence electrons. The van der Waals surface area contributed by atoms with Gasteiger partial charge in [0.15, 0.2) is 0 Å². The average molecular weight is 381 g/mol. The highest BCUT2D eigenvalue weighted by Crippen LogP contribution is 2.26. The summed E-state index contributed by atoms with van der Waals surface area (Å²) in [4.78, 5) is 11.9. The molecule has 0 aliphatic heterocycles. The van der Waals surface area contributed by atoms with E-state index in [1.54, 1.807) is 12.1 Å². The summed E-state index contributed by atoms with van der Waals surface area (Å²) in [6, 6.07) is 6.16. The Morgan fingerprint density at radius 2 is 1.75 bits per heavy atom. The van der Waals surface area contributed by atoms with E-state index in [-0.39, 0.29) is 5.02 Å².